The van der Waals surface area contributed by atoms with Crippen LogP contribution in [0.25, 0.3) is 0 Å². The summed E-state index contributed by atoms with van der Waals surface area (Å²) in [5.41, 5.74) is 0.864. The van der Waals surface area contributed by atoms with Crippen molar-refractivity contribution in [1.82, 2.24) is 9.21 Å². The quantitative estimate of drug-likeness (QED) is 0.696. The van der Waals surface area contributed by atoms with Crippen LogP contribution >= 0.6 is 11.6 Å². The Balaban J connectivity index is 1.70. The second-order valence-electron chi connectivity index (χ2n) is 7.16. The molecule has 0 spiro atoms. The minimum Gasteiger partial charge on any atom is -0.497 e. The van der Waals surface area contributed by atoms with Gasteiger partial charge >= 0.3 is 0 Å². The number of ether oxygens (including phenoxy) is 1. The van der Waals surface area contributed by atoms with Crippen molar-refractivity contribution >= 4 is 27.5 Å². The van der Waals surface area contributed by atoms with Gasteiger partial charge in [-0.1, -0.05) is 29.8 Å². The molecule has 29 heavy (non-hydrogen) atoms. The molecule has 0 radical (unpaired) electrons. The summed E-state index contributed by atoms with van der Waals surface area (Å²) in [7, 11) is -0.403. The number of rotatable bonds is 6. The summed E-state index contributed by atoms with van der Waals surface area (Å²) in [6.07, 6.45) is 1.31. The van der Waals surface area contributed by atoms with Crippen LogP contribution in [0.1, 0.15) is 18.4 Å². The molecule has 0 aromatic heterocycles. The largest absolute Gasteiger partial charge is 0.497 e. The SMILES string of the molecule is COc1ccc(S(=O)(=O)N2CCCC(C(=O)N(C)Cc3ccccc3Cl)C2)cc1. The van der Waals surface area contributed by atoms with E-state index in [1.54, 1.807) is 30.1 Å². The number of halogens is 1. The van der Waals surface area contributed by atoms with Gasteiger partial charge in [0.25, 0.3) is 0 Å². The molecular weight excluding hydrogens is 412 g/mol. The fourth-order valence-corrected chi connectivity index (χ4v) is 5.25. The van der Waals surface area contributed by atoms with Crippen molar-refractivity contribution in [2.75, 3.05) is 27.2 Å². The van der Waals surface area contributed by atoms with Crippen molar-refractivity contribution in [3.63, 3.8) is 0 Å². The second kappa shape index (κ2) is 9.15. The molecule has 1 atom stereocenters. The number of piperidine rings is 1. The molecule has 0 N–H and O–H groups in total. The molecule has 156 valence electrons. The van der Waals surface area contributed by atoms with Crippen molar-refractivity contribution in [2.45, 2.75) is 24.3 Å². The maximum atomic E-state index is 13.0. The number of nitrogens with zero attached hydrogens (tertiary/aromatic N) is 2. The van der Waals surface area contributed by atoms with Crippen molar-refractivity contribution in [3.8, 4) is 5.75 Å². The topological polar surface area (TPSA) is 66.9 Å². The molecule has 0 aliphatic carbocycles. The highest BCUT2D eigenvalue weighted by Crippen LogP contribution is 2.26. The molecule has 1 heterocycles. The molecule has 2 aromatic carbocycles. The normalized spacial score (nSPS) is 17.7. The lowest BCUT2D eigenvalue weighted by atomic mass is 9.98. The van der Waals surface area contributed by atoms with E-state index in [-0.39, 0.29) is 23.3 Å². The molecule has 8 heteroatoms. The number of hydrogen-bond acceptors (Lipinski definition) is 4. The van der Waals surface area contributed by atoms with Gasteiger partial charge in [0, 0.05) is 31.7 Å². The Labute approximate surface area is 177 Å². The number of methoxy groups -OCH3 is 1. The predicted octanol–water partition coefficient (Wildman–Crippen LogP) is 3.41. The summed E-state index contributed by atoms with van der Waals surface area (Å²) in [6.45, 7) is 0.979. The fraction of sp³-hybridized carbons (Fsp3) is 0.381. The molecule has 1 saturated heterocycles. The molecule has 3 rings (SSSR count). The summed E-state index contributed by atoms with van der Waals surface area (Å²) in [5.74, 6) is 0.153. The zero-order chi connectivity index (χ0) is 21.0. The number of hydrogen-bond donors (Lipinski definition) is 0. The minimum atomic E-state index is -3.66. The zero-order valence-electron chi connectivity index (χ0n) is 16.5. The summed E-state index contributed by atoms with van der Waals surface area (Å²) in [5, 5.41) is 0.611. The summed E-state index contributed by atoms with van der Waals surface area (Å²) < 4.78 is 32.5. The van der Waals surface area contributed by atoms with Crippen molar-refractivity contribution < 1.29 is 17.9 Å². The van der Waals surface area contributed by atoms with Gasteiger partial charge in [0.05, 0.1) is 17.9 Å². The molecule has 0 bridgehead atoms. The van der Waals surface area contributed by atoms with E-state index in [4.69, 9.17) is 16.3 Å². The van der Waals surface area contributed by atoms with E-state index < -0.39 is 10.0 Å². The first-order chi connectivity index (χ1) is 13.8. The van der Waals surface area contributed by atoms with Crippen LogP contribution in [0, 0.1) is 5.92 Å². The Morgan fingerprint density at radius 1 is 1.21 bits per heavy atom. The van der Waals surface area contributed by atoms with Gasteiger partial charge < -0.3 is 9.64 Å². The third-order valence-corrected chi connectivity index (χ3v) is 7.42. The Hall–Kier alpha value is -2.09. The van der Waals surface area contributed by atoms with Gasteiger partial charge in [-0.2, -0.15) is 4.31 Å². The third-order valence-electron chi connectivity index (χ3n) is 5.17. The maximum Gasteiger partial charge on any atom is 0.243 e. The van der Waals surface area contributed by atoms with Crippen LogP contribution in [0.4, 0.5) is 0 Å². The monoisotopic (exact) mass is 436 g/mol. The third kappa shape index (κ3) is 4.91. The van der Waals surface area contributed by atoms with E-state index in [0.29, 0.717) is 36.7 Å². The number of sulfonamides is 1. The van der Waals surface area contributed by atoms with E-state index in [9.17, 15) is 13.2 Å². The second-order valence-corrected chi connectivity index (χ2v) is 9.51. The highest BCUT2D eigenvalue weighted by molar-refractivity contribution is 7.89. The molecule has 1 aliphatic heterocycles. The standard InChI is InChI=1S/C21H25ClN2O4S/c1-23(14-16-6-3-4-8-20(16)22)21(25)17-7-5-13-24(15-17)29(26,27)19-11-9-18(28-2)10-12-19/h3-4,6,8-12,17H,5,7,13-15H2,1-2H3. The van der Waals surface area contributed by atoms with E-state index in [2.05, 4.69) is 0 Å². The van der Waals surface area contributed by atoms with Gasteiger partial charge in [-0.15, -0.1) is 0 Å². The lowest BCUT2D eigenvalue weighted by molar-refractivity contribution is -0.135. The minimum absolute atomic E-state index is 0.0699. The molecule has 1 unspecified atom stereocenters. The van der Waals surface area contributed by atoms with E-state index >= 15 is 0 Å². The zero-order valence-corrected chi connectivity index (χ0v) is 18.1. The lowest BCUT2D eigenvalue weighted by Crippen LogP contribution is -2.45. The highest BCUT2D eigenvalue weighted by Gasteiger charge is 2.34. The van der Waals surface area contributed by atoms with E-state index in [1.807, 2.05) is 18.2 Å². The lowest BCUT2D eigenvalue weighted by Gasteiger charge is -2.33. The number of benzene rings is 2. The molecule has 2 aromatic rings. The van der Waals surface area contributed by atoms with Crippen molar-refractivity contribution in [2.24, 2.45) is 5.92 Å². The highest BCUT2D eigenvalue weighted by atomic mass is 35.5. The Morgan fingerprint density at radius 2 is 1.90 bits per heavy atom. The van der Waals surface area contributed by atoms with Gasteiger partial charge in [0.15, 0.2) is 0 Å². The van der Waals surface area contributed by atoms with Crippen LogP contribution in [0.5, 0.6) is 5.75 Å². The molecule has 1 amide bonds. The first-order valence-electron chi connectivity index (χ1n) is 9.45. The number of amides is 1. The Morgan fingerprint density at radius 3 is 2.55 bits per heavy atom. The molecular formula is C21H25ClN2O4S. The van der Waals surface area contributed by atoms with Crippen LogP contribution in [0.2, 0.25) is 5.02 Å². The average Bonchev–Trinajstić information content (AvgIpc) is 2.75. The first-order valence-corrected chi connectivity index (χ1v) is 11.3. The van der Waals surface area contributed by atoms with Gasteiger partial charge in [0.1, 0.15) is 5.75 Å². The van der Waals surface area contributed by atoms with Crippen molar-refractivity contribution in [1.29, 1.82) is 0 Å². The van der Waals surface area contributed by atoms with Crippen LogP contribution in [0.15, 0.2) is 53.4 Å². The van der Waals surface area contributed by atoms with Gasteiger partial charge in [-0.05, 0) is 48.7 Å². The molecule has 0 saturated carbocycles. The van der Waals surface area contributed by atoms with Crippen LogP contribution in [0.3, 0.4) is 0 Å². The smallest absolute Gasteiger partial charge is 0.243 e. The Bertz CT molecular complexity index is 963. The molecule has 1 fully saturated rings. The number of carbonyl (C=O) groups excluding carboxylic acids is 1. The van der Waals surface area contributed by atoms with Gasteiger partial charge in [-0.3, -0.25) is 4.79 Å². The fourth-order valence-electron chi connectivity index (χ4n) is 3.53. The summed E-state index contributed by atoms with van der Waals surface area (Å²) in [4.78, 5) is 14.8. The maximum absolute atomic E-state index is 13.0. The first kappa shape index (κ1) is 21.6. The van der Waals surface area contributed by atoms with Crippen molar-refractivity contribution in [3.05, 3.63) is 59.1 Å². The summed E-state index contributed by atoms with van der Waals surface area (Å²) >= 11 is 6.20. The van der Waals surface area contributed by atoms with E-state index in [1.165, 1.54) is 23.5 Å². The molecule has 1 aliphatic rings. The number of carbonyl (C=O) groups is 1. The summed E-state index contributed by atoms with van der Waals surface area (Å²) in [6, 6.07) is 13.7. The van der Waals surface area contributed by atoms with Gasteiger partial charge in [-0.25, -0.2) is 8.42 Å². The van der Waals surface area contributed by atoms with Crippen LogP contribution in [-0.2, 0) is 21.4 Å². The van der Waals surface area contributed by atoms with E-state index in [0.717, 1.165) is 5.56 Å². The predicted molar refractivity (Wildman–Crippen MR) is 112 cm³/mol. The average molecular weight is 437 g/mol. The Kier molecular flexibility index (Phi) is 6.82. The van der Waals surface area contributed by atoms with Crippen LogP contribution < -0.4 is 4.74 Å². The van der Waals surface area contributed by atoms with Crippen LogP contribution in [-0.4, -0.2) is 50.8 Å². The van der Waals surface area contributed by atoms with Gasteiger partial charge in [0.2, 0.25) is 15.9 Å². The molecule has 6 nitrogen and oxygen atoms in total.